The lowest BCUT2D eigenvalue weighted by Gasteiger charge is -2.24. The van der Waals surface area contributed by atoms with E-state index in [1.807, 2.05) is 24.3 Å². The molecular formula is C53H35N5. The zero-order chi connectivity index (χ0) is 38.4. The Morgan fingerprint density at radius 2 is 0.931 bits per heavy atom. The maximum atomic E-state index is 5.18. The van der Waals surface area contributed by atoms with Crippen LogP contribution in [-0.4, -0.2) is 20.8 Å². The molecule has 0 radical (unpaired) electrons. The van der Waals surface area contributed by atoms with Crippen LogP contribution < -0.4 is 5.32 Å². The van der Waals surface area contributed by atoms with Gasteiger partial charge in [-0.25, -0.2) is 19.9 Å². The number of amidine groups is 1. The number of pyridine rings is 3. The van der Waals surface area contributed by atoms with Gasteiger partial charge in [-0.3, -0.25) is 0 Å². The van der Waals surface area contributed by atoms with Gasteiger partial charge in [0.05, 0.1) is 45.4 Å². The largest absolute Gasteiger partial charge is 0.359 e. The predicted molar refractivity (Wildman–Crippen MR) is 239 cm³/mol. The van der Waals surface area contributed by atoms with E-state index in [1.165, 1.54) is 10.9 Å². The molecule has 1 aliphatic rings. The standard InChI is InChI=1S/C53H35N5/c1-3-10-36(11-4-1)50-33-51(58-53(57-50)41-12-5-2-6-13-41)37-18-15-34(16-19-37)42-23-20-38-25-28-45(54-48(38)31-42)43-24-21-39-26-29-46(55-49(39)32-43)47-30-27-40-22-17-35-9-7-8-14-44(35)52(40)56-47/h1-33,51H,(H,57,58). The molecule has 0 saturated carbocycles. The van der Waals surface area contributed by atoms with Crippen LogP contribution in [0.4, 0.5) is 0 Å². The molecule has 7 aromatic carbocycles. The Morgan fingerprint density at radius 1 is 0.379 bits per heavy atom. The zero-order valence-electron chi connectivity index (χ0n) is 31.4. The third-order valence-electron chi connectivity index (χ3n) is 11.1. The fourth-order valence-electron chi connectivity index (χ4n) is 7.99. The van der Waals surface area contributed by atoms with Crippen LogP contribution in [0.25, 0.3) is 83.0 Å². The smallest absolute Gasteiger partial charge is 0.134 e. The molecule has 0 spiro atoms. The minimum absolute atomic E-state index is 0.0329. The molecule has 0 bridgehead atoms. The van der Waals surface area contributed by atoms with Gasteiger partial charge in [-0.1, -0.05) is 164 Å². The third kappa shape index (κ3) is 6.25. The molecule has 5 heteroatoms. The van der Waals surface area contributed by atoms with E-state index < -0.39 is 0 Å². The van der Waals surface area contributed by atoms with Crippen molar-refractivity contribution >= 4 is 55.0 Å². The lowest BCUT2D eigenvalue weighted by atomic mass is 9.97. The van der Waals surface area contributed by atoms with Gasteiger partial charge in [-0.2, -0.15) is 0 Å². The van der Waals surface area contributed by atoms with Gasteiger partial charge in [0.2, 0.25) is 0 Å². The summed E-state index contributed by atoms with van der Waals surface area (Å²) in [5, 5.41) is 9.29. The van der Waals surface area contributed by atoms with Gasteiger partial charge in [0.1, 0.15) is 5.84 Å². The fourth-order valence-corrected chi connectivity index (χ4v) is 7.99. The van der Waals surface area contributed by atoms with Gasteiger partial charge in [0, 0.05) is 32.7 Å². The number of rotatable bonds is 6. The van der Waals surface area contributed by atoms with E-state index in [9.17, 15) is 0 Å². The van der Waals surface area contributed by atoms with E-state index in [0.717, 1.165) is 94.5 Å². The summed E-state index contributed by atoms with van der Waals surface area (Å²) in [5.74, 6) is 0.867. The second-order valence-electron chi connectivity index (χ2n) is 14.8. The normalized spacial score (nSPS) is 14.0. The molecule has 0 fully saturated rings. The zero-order valence-corrected chi connectivity index (χ0v) is 31.4. The highest BCUT2D eigenvalue weighted by molar-refractivity contribution is 6.06. The molecule has 11 rings (SSSR count). The Labute approximate surface area is 335 Å². The summed E-state index contributed by atoms with van der Waals surface area (Å²) in [5.41, 5.74) is 13.0. The van der Waals surface area contributed by atoms with Crippen molar-refractivity contribution in [1.29, 1.82) is 0 Å². The van der Waals surface area contributed by atoms with E-state index in [0.29, 0.717) is 0 Å². The summed E-state index contributed by atoms with van der Waals surface area (Å²) in [7, 11) is 0. The van der Waals surface area contributed by atoms with Gasteiger partial charge in [-0.15, -0.1) is 0 Å². The topological polar surface area (TPSA) is 63.1 Å². The molecule has 58 heavy (non-hydrogen) atoms. The molecular weight excluding hydrogens is 707 g/mol. The summed E-state index contributed by atoms with van der Waals surface area (Å²) >= 11 is 0. The van der Waals surface area contributed by atoms with E-state index in [2.05, 4.69) is 181 Å². The van der Waals surface area contributed by atoms with Crippen molar-refractivity contribution in [2.75, 3.05) is 0 Å². The Balaban J connectivity index is 0.888. The highest BCUT2D eigenvalue weighted by Gasteiger charge is 2.20. The predicted octanol–water partition coefficient (Wildman–Crippen LogP) is 12.6. The number of nitrogens with zero attached hydrogens (tertiary/aromatic N) is 4. The summed E-state index contributed by atoms with van der Waals surface area (Å²) in [6, 6.07) is 67.7. The summed E-state index contributed by atoms with van der Waals surface area (Å²) in [6.45, 7) is 0. The molecule has 1 aliphatic heterocycles. The number of hydrogen-bond donors (Lipinski definition) is 1. The Kier molecular flexibility index (Phi) is 8.14. The van der Waals surface area contributed by atoms with Gasteiger partial charge < -0.3 is 5.32 Å². The molecule has 4 heterocycles. The second kappa shape index (κ2) is 14.1. The van der Waals surface area contributed by atoms with Crippen molar-refractivity contribution in [3.8, 4) is 33.8 Å². The van der Waals surface area contributed by atoms with Crippen LogP contribution in [0.15, 0.2) is 205 Å². The number of fused-ring (bicyclic) bond motifs is 5. The highest BCUT2D eigenvalue weighted by Crippen LogP contribution is 2.33. The molecule has 1 N–H and O–H groups in total. The van der Waals surface area contributed by atoms with Crippen molar-refractivity contribution in [2.24, 2.45) is 4.99 Å². The lowest BCUT2D eigenvalue weighted by molar-refractivity contribution is 0.781. The molecule has 1 atom stereocenters. The molecule has 10 aromatic rings. The van der Waals surface area contributed by atoms with E-state index in [4.69, 9.17) is 19.9 Å². The van der Waals surface area contributed by atoms with Crippen molar-refractivity contribution in [1.82, 2.24) is 20.3 Å². The van der Waals surface area contributed by atoms with E-state index in [1.54, 1.807) is 0 Å². The minimum Gasteiger partial charge on any atom is -0.359 e. The van der Waals surface area contributed by atoms with Crippen LogP contribution in [-0.2, 0) is 0 Å². The van der Waals surface area contributed by atoms with Crippen molar-refractivity contribution in [3.63, 3.8) is 0 Å². The molecule has 0 aliphatic carbocycles. The Morgan fingerprint density at radius 3 is 1.71 bits per heavy atom. The summed E-state index contributed by atoms with van der Waals surface area (Å²) < 4.78 is 0. The summed E-state index contributed by atoms with van der Waals surface area (Å²) in [6.07, 6.45) is 2.21. The maximum absolute atomic E-state index is 5.18. The molecule has 0 amide bonds. The molecule has 5 nitrogen and oxygen atoms in total. The molecule has 1 unspecified atom stereocenters. The van der Waals surface area contributed by atoms with E-state index >= 15 is 0 Å². The monoisotopic (exact) mass is 741 g/mol. The first-order valence-electron chi connectivity index (χ1n) is 19.6. The number of benzene rings is 7. The lowest BCUT2D eigenvalue weighted by Crippen LogP contribution is -2.31. The van der Waals surface area contributed by atoms with Crippen LogP contribution in [0.3, 0.4) is 0 Å². The van der Waals surface area contributed by atoms with Crippen LogP contribution >= 0.6 is 0 Å². The summed E-state index contributed by atoms with van der Waals surface area (Å²) in [4.78, 5) is 20.4. The molecule has 0 saturated heterocycles. The molecule has 3 aromatic heterocycles. The Bertz CT molecular complexity index is 3240. The van der Waals surface area contributed by atoms with Crippen molar-refractivity contribution in [2.45, 2.75) is 6.04 Å². The number of aliphatic imine (C=N–C) groups is 1. The fraction of sp³-hybridized carbons (Fsp3) is 0.0189. The van der Waals surface area contributed by atoms with Crippen LogP contribution in [0.5, 0.6) is 0 Å². The van der Waals surface area contributed by atoms with Crippen LogP contribution in [0, 0.1) is 0 Å². The average molecular weight is 742 g/mol. The second-order valence-corrected chi connectivity index (χ2v) is 14.8. The Hall–Kier alpha value is -7.76. The van der Waals surface area contributed by atoms with Crippen LogP contribution in [0.1, 0.15) is 22.7 Å². The van der Waals surface area contributed by atoms with Gasteiger partial charge in [0.25, 0.3) is 0 Å². The maximum Gasteiger partial charge on any atom is 0.134 e. The number of nitrogens with one attached hydrogen (secondary N) is 1. The first-order valence-corrected chi connectivity index (χ1v) is 19.6. The van der Waals surface area contributed by atoms with Gasteiger partial charge in [0.15, 0.2) is 0 Å². The quantitative estimate of drug-likeness (QED) is 0.172. The van der Waals surface area contributed by atoms with E-state index in [-0.39, 0.29) is 6.04 Å². The first kappa shape index (κ1) is 33.6. The SMILES string of the molecule is C1=C(c2ccccc2)N=C(c2ccccc2)NC1c1ccc(-c2ccc3ccc(-c4ccc5ccc(-c6ccc7ccc8ccccc8c7n6)nc5c4)nc3c2)cc1. The van der Waals surface area contributed by atoms with Gasteiger partial charge in [-0.05, 0) is 64.0 Å². The average Bonchev–Trinajstić information content (AvgIpc) is 3.31. The highest BCUT2D eigenvalue weighted by atomic mass is 15.0. The van der Waals surface area contributed by atoms with Gasteiger partial charge >= 0.3 is 0 Å². The van der Waals surface area contributed by atoms with Crippen molar-refractivity contribution in [3.05, 3.63) is 217 Å². The van der Waals surface area contributed by atoms with Crippen molar-refractivity contribution < 1.29 is 0 Å². The third-order valence-corrected chi connectivity index (χ3v) is 11.1. The molecule has 272 valence electrons. The number of hydrogen-bond acceptors (Lipinski definition) is 5. The number of aromatic nitrogens is 3. The van der Waals surface area contributed by atoms with Crippen LogP contribution in [0.2, 0.25) is 0 Å². The first-order chi connectivity index (χ1) is 28.7. The minimum atomic E-state index is -0.0329.